The molecule has 2 N–H and O–H groups in total. The monoisotopic (exact) mass is 436 g/mol. The minimum absolute atomic E-state index is 0.162. The van der Waals surface area contributed by atoms with E-state index in [1.165, 1.54) is 30.0 Å². The summed E-state index contributed by atoms with van der Waals surface area (Å²) >= 11 is 1.27. The fourth-order valence-electron chi connectivity index (χ4n) is 2.81. The molecule has 0 bridgehead atoms. The van der Waals surface area contributed by atoms with E-state index in [0.29, 0.717) is 15.4 Å². The van der Waals surface area contributed by atoms with Crippen LogP contribution in [0.2, 0.25) is 0 Å². The summed E-state index contributed by atoms with van der Waals surface area (Å²) in [6, 6.07) is 10.9. The van der Waals surface area contributed by atoms with Crippen molar-refractivity contribution in [2.45, 2.75) is 9.79 Å². The van der Waals surface area contributed by atoms with Crippen molar-refractivity contribution in [3.05, 3.63) is 82.7 Å². The van der Waals surface area contributed by atoms with E-state index in [4.69, 9.17) is 0 Å². The van der Waals surface area contributed by atoms with Crippen LogP contribution in [0.5, 0.6) is 0 Å². The van der Waals surface area contributed by atoms with Crippen LogP contribution in [0.25, 0.3) is 0 Å². The molecule has 4 nitrogen and oxygen atoms in total. The Labute approximate surface area is 170 Å². The lowest BCUT2D eigenvalue weighted by molar-refractivity contribution is 0.101. The van der Waals surface area contributed by atoms with Gasteiger partial charge in [-0.2, -0.15) is 0 Å². The number of carbonyl (C=O) groups excluding carboxylic acids is 2. The predicted octanol–water partition coefficient (Wildman–Crippen LogP) is 5.35. The Morgan fingerprint density at radius 3 is 2.17 bits per heavy atom. The number of hydrogen-bond acceptors (Lipinski definition) is 3. The van der Waals surface area contributed by atoms with Crippen molar-refractivity contribution in [2.75, 3.05) is 10.6 Å². The van der Waals surface area contributed by atoms with Crippen LogP contribution in [0.1, 0.15) is 20.7 Å². The average molecular weight is 436 g/mol. The molecule has 30 heavy (non-hydrogen) atoms. The smallest absolute Gasteiger partial charge is 0.256 e. The Balaban J connectivity index is 1.67. The molecular formula is C20H9F5N2O2S. The van der Waals surface area contributed by atoms with Crippen molar-refractivity contribution in [1.82, 2.24) is 0 Å². The number of nitrogens with one attached hydrogen (secondary N) is 2. The highest BCUT2D eigenvalue weighted by molar-refractivity contribution is 7.99. The van der Waals surface area contributed by atoms with Crippen LogP contribution in [0.4, 0.5) is 33.3 Å². The Hall–Kier alpha value is -3.40. The van der Waals surface area contributed by atoms with E-state index < -0.39 is 46.6 Å². The number of anilines is 2. The van der Waals surface area contributed by atoms with Crippen molar-refractivity contribution in [3.8, 4) is 0 Å². The summed E-state index contributed by atoms with van der Waals surface area (Å²) in [5, 5.41) is 4.33. The van der Waals surface area contributed by atoms with Crippen molar-refractivity contribution < 1.29 is 31.5 Å². The molecule has 3 aromatic carbocycles. The largest absolute Gasteiger partial charge is 0.321 e. The van der Waals surface area contributed by atoms with Gasteiger partial charge < -0.3 is 10.6 Å². The van der Waals surface area contributed by atoms with Gasteiger partial charge in [0, 0.05) is 15.4 Å². The number of halogens is 5. The molecule has 0 saturated carbocycles. The highest BCUT2D eigenvalue weighted by atomic mass is 32.2. The van der Waals surface area contributed by atoms with Crippen LogP contribution in [-0.4, -0.2) is 11.8 Å². The van der Waals surface area contributed by atoms with Gasteiger partial charge in [0.05, 0.1) is 11.3 Å². The fraction of sp³-hybridized carbons (Fsp3) is 0. The summed E-state index contributed by atoms with van der Waals surface area (Å²) in [6.45, 7) is 0. The van der Waals surface area contributed by atoms with Gasteiger partial charge in [-0.15, -0.1) is 0 Å². The predicted molar refractivity (Wildman–Crippen MR) is 99.1 cm³/mol. The Bertz CT molecular complexity index is 1200. The van der Waals surface area contributed by atoms with Gasteiger partial charge in [0.1, 0.15) is 5.69 Å². The molecule has 0 spiro atoms. The number of carbonyl (C=O) groups is 2. The number of amides is 2. The number of benzene rings is 3. The topological polar surface area (TPSA) is 58.2 Å². The Morgan fingerprint density at radius 2 is 1.47 bits per heavy atom. The van der Waals surface area contributed by atoms with E-state index >= 15 is 0 Å². The molecule has 0 radical (unpaired) electrons. The normalized spacial score (nSPS) is 12.5. The summed E-state index contributed by atoms with van der Waals surface area (Å²) in [5.41, 5.74) is -0.945. The SMILES string of the molecule is O=C(Nc1c(F)c(F)c(F)c(F)c1F)c1ccc2c(c1)NC(=O)c1ccccc1S2. The lowest BCUT2D eigenvalue weighted by atomic mass is 10.1. The number of fused-ring (bicyclic) bond motifs is 2. The van der Waals surface area contributed by atoms with Crippen LogP contribution < -0.4 is 10.6 Å². The van der Waals surface area contributed by atoms with Gasteiger partial charge in [0.25, 0.3) is 11.8 Å². The fourth-order valence-corrected chi connectivity index (χ4v) is 3.82. The molecule has 1 heterocycles. The van der Waals surface area contributed by atoms with Crippen molar-refractivity contribution >= 4 is 35.0 Å². The van der Waals surface area contributed by atoms with Gasteiger partial charge in [-0.3, -0.25) is 9.59 Å². The molecule has 1 aliphatic rings. The van der Waals surface area contributed by atoms with Gasteiger partial charge >= 0.3 is 0 Å². The first kappa shape index (κ1) is 19.9. The van der Waals surface area contributed by atoms with Gasteiger partial charge in [0.2, 0.25) is 5.82 Å². The molecule has 0 fully saturated rings. The van der Waals surface area contributed by atoms with Gasteiger partial charge in [-0.05, 0) is 30.3 Å². The first-order valence-corrected chi connectivity index (χ1v) is 9.14. The average Bonchev–Trinajstić information content (AvgIpc) is 2.89. The minimum Gasteiger partial charge on any atom is -0.321 e. The van der Waals surface area contributed by atoms with E-state index in [-0.39, 0.29) is 11.3 Å². The third-order valence-electron chi connectivity index (χ3n) is 4.29. The number of rotatable bonds is 2. The van der Waals surface area contributed by atoms with Crippen molar-refractivity contribution in [2.24, 2.45) is 0 Å². The van der Waals surface area contributed by atoms with E-state index in [1.54, 1.807) is 29.6 Å². The van der Waals surface area contributed by atoms with Gasteiger partial charge in [0.15, 0.2) is 23.3 Å². The zero-order valence-electron chi connectivity index (χ0n) is 14.7. The van der Waals surface area contributed by atoms with Crippen LogP contribution in [0.15, 0.2) is 52.3 Å². The third kappa shape index (κ3) is 3.28. The maximum Gasteiger partial charge on any atom is 0.256 e. The molecule has 152 valence electrons. The molecule has 1 aliphatic heterocycles. The molecule has 0 saturated heterocycles. The molecule has 0 aliphatic carbocycles. The summed E-state index contributed by atoms with van der Waals surface area (Å²) < 4.78 is 67.4. The Kier molecular flexibility index (Phi) is 4.94. The third-order valence-corrected chi connectivity index (χ3v) is 5.44. The summed E-state index contributed by atoms with van der Waals surface area (Å²) in [6.07, 6.45) is 0. The second kappa shape index (κ2) is 7.45. The minimum atomic E-state index is -2.33. The molecule has 3 aromatic rings. The van der Waals surface area contributed by atoms with Crippen molar-refractivity contribution in [1.29, 1.82) is 0 Å². The van der Waals surface area contributed by atoms with Crippen LogP contribution >= 0.6 is 11.8 Å². The quantitative estimate of drug-likeness (QED) is 0.324. The summed E-state index contributed by atoms with van der Waals surface area (Å²) in [7, 11) is 0. The standard InChI is InChI=1S/C20H9F5N2O2S/c21-13-14(22)16(24)18(17(25)15(13)23)27-19(28)8-5-6-12-10(7-8)26-20(29)9-3-1-2-4-11(9)30-12/h1-7H,(H,26,29)(H,27,28). The highest BCUT2D eigenvalue weighted by Crippen LogP contribution is 2.39. The van der Waals surface area contributed by atoms with E-state index in [1.807, 2.05) is 0 Å². The van der Waals surface area contributed by atoms with Crippen molar-refractivity contribution in [3.63, 3.8) is 0 Å². The van der Waals surface area contributed by atoms with Crippen LogP contribution in [0.3, 0.4) is 0 Å². The van der Waals surface area contributed by atoms with Gasteiger partial charge in [-0.1, -0.05) is 23.9 Å². The maximum absolute atomic E-state index is 13.8. The molecule has 0 atom stereocenters. The second-order valence-electron chi connectivity index (χ2n) is 6.16. The lowest BCUT2D eigenvalue weighted by Crippen LogP contribution is -2.17. The second-order valence-corrected chi connectivity index (χ2v) is 7.25. The first-order chi connectivity index (χ1) is 14.3. The van der Waals surface area contributed by atoms with E-state index in [0.717, 1.165) is 0 Å². The molecule has 0 aromatic heterocycles. The molecule has 4 rings (SSSR count). The molecule has 10 heteroatoms. The zero-order chi connectivity index (χ0) is 21.6. The van der Waals surface area contributed by atoms with Crippen LogP contribution in [0, 0.1) is 29.1 Å². The van der Waals surface area contributed by atoms with E-state index in [9.17, 15) is 31.5 Å². The first-order valence-electron chi connectivity index (χ1n) is 8.33. The number of hydrogen-bond donors (Lipinski definition) is 2. The molecule has 2 amide bonds. The summed E-state index contributed by atoms with van der Waals surface area (Å²) in [4.78, 5) is 26.1. The Morgan fingerprint density at radius 1 is 0.833 bits per heavy atom. The lowest BCUT2D eigenvalue weighted by Gasteiger charge is -2.12. The molecule has 0 unspecified atom stereocenters. The van der Waals surface area contributed by atoms with Gasteiger partial charge in [-0.25, -0.2) is 22.0 Å². The zero-order valence-corrected chi connectivity index (χ0v) is 15.5. The van der Waals surface area contributed by atoms with E-state index in [2.05, 4.69) is 5.32 Å². The highest BCUT2D eigenvalue weighted by Gasteiger charge is 2.27. The van der Waals surface area contributed by atoms with Crippen LogP contribution in [-0.2, 0) is 0 Å². The summed E-state index contributed by atoms with van der Waals surface area (Å²) in [5.74, 6) is -12.5. The maximum atomic E-state index is 13.8. The molecular weight excluding hydrogens is 427 g/mol.